The lowest BCUT2D eigenvalue weighted by molar-refractivity contribution is -0.117. The molecular weight excluding hydrogens is 342 g/mol. The molecule has 1 saturated heterocycles. The molecule has 6 heteroatoms. The Bertz CT molecular complexity index is 833. The fourth-order valence-corrected chi connectivity index (χ4v) is 3.11. The van der Waals surface area contributed by atoms with Crippen LogP contribution in [-0.2, 0) is 4.79 Å². The fourth-order valence-electron chi connectivity index (χ4n) is 3.11. The number of carbonyl (C=O) groups excluding carboxylic acids is 2. The topological polar surface area (TPSA) is 70.7 Å². The minimum absolute atomic E-state index is 0.00404. The molecule has 2 aromatic carbocycles. The Morgan fingerprint density at radius 2 is 1.89 bits per heavy atom. The van der Waals surface area contributed by atoms with Gasteiger partial charge in [-0.05, 0) is 68.3 Å². The Morgan fingerprint density at radius 3 is 2.56 bits per heavy atom. The zero-order valence-corrected chi connectivity index (χ0v) is 15.9. The van der Waals surface area contributed by atoms with Crippen LogP contribution in [-0.4, -0.2) is 31.1 Å². The van der Waals surface area contributed by atoms with Crippen LogP contribution in [0.4, 0.5) is 16.2 Å². The molecule has 0 unspecified atom stereocenters. The number of anilines is 2. The molecule has 2 N–H and O–H groups in total. The molecule has 0 aliphatic carbocycles. The summed E-state index contributed by atoms with van der Waals surface area (Å²) in [7, 11) is 0. The number of amides is 3. The van der Waals surface area contributed by atoms with E-state index in [1.165, 1.54) is 5.56 Å². The van der Waals surface area contributed by atoms with Crippen LogP contribution in [0.2, 0.25) is 0 Å². The maximum absolute atomic E-state index is 12.3. The van der Waals surface area contributed by atoms with Crippen LogP contribution in [0.25, 0.3) is 0 Å². The summed E-state index contributed by atoms with van der Waals surface area (Å²) in [5.41, 5.74) is 3.84. The van der Waals surface area contributed by atoms with Crippen molar-refractivity contribution in [1.82, 2.24) is 5.32 Å². The van der Waals surface area contributed by atoms with Gasteiger partial charge in [0.2, 0.25) is 5.91 Å². The van der Waals surface area contributed by atoms with Gasteiger partial charge in [0.1, 0.15) is 5.75 Å². The van der Waals surface area contributed by atoms with Crippen molar-refractivity contribution in [3.8, 4) is 5.75 Å². The van der Waals surface area contributed by atoms with Crippen LogP contribution >= 0.6 is 0 Å². The second-order valence-corrected chi connectivity index (χ2v) is 6.73. The number of urea groups is 1. The molecule has 27 heavy (non-hydrogen) atoms. The number of benzene rings is 2. The van der Waals surface area contributed by atoms with Crippen molar-refractivity contribution in [2.24, 2.45) is 0 Å². The fraction of sp³-hybridized carbons (Fsp3) is 0.333. The average Bonchev–Trinajstić information content (AvgIpc) is 2.99. The Labute approximate surface area is 159 Å². The minimum Gasteiger partial charge on any atom is -0.494 e. The Kier molecular flexibility index (Phi) is 5.64. The number of carbonyl (C=O) groups is 2. The van der Waals surface area contributed by atoms with Gasteiger partial charge >= 0.3 is 6.03 Å². The number of nitrogens with zero attached hydrogens (tertiary/aromatic N) is 1. The molecule has 1 aliphatic heterocycles. The van der Waals surface area contributed by atoms with Crippen molar-refractivity contribution in [3.63, 3.8) is 0 Å². The molecule has 3 rings (SSSR count). The second kappa shape index (κ2) is 8.12. The third kappa shape index (κ3) is 4.58. The van der Waals surface area contributed by atoms with Crippen LogP contribution in [0.5, 0.6) is 5.75 Å². The summed E-state index contributed by atoms with van der Waals surface area (Å²) >= 11 is 0. The summed E-state index contributed by atoms with van der Waals surface area (Å²) in [5.74, 6) is 0.769. The van der Waals surface area contributed by atoms with E-state index in [0.29, 0.717) is 13.2 Å². The molecule has 0 bridgehead atoms. The smallest absolute Gasteiger partial charge is 0.319 e. The molecule has 0 aromatic heterocycles. The first-order chi connectivity index (χ1) is 13.0. The van der Waals surface area contributed by atoms with E-state index in [2.05, 4.69) is 10.6 Å². The average molecular weight is 367 g/mol. The summed E-state index contributed by atoms with van der Waals surface area (Å²) in [4.78, 5) is 26.3. The summed E-state index contributed by atoms with van der Waals surface area (Å²) < 4.78 is 5.43. The normalized spacial score (nSPS) is 16.3. The van der Waals surface area contributed by atoms with Crippen LogP contribution in [0.15, 0.2) is 42.5 Å². The van der Waals surface area contributed by atoms with Gasteiger partial charge in [-0.1, -0.05) is 6.07 Å². The van der Waals surface area contributed by atoms with E-state index in [1.807, 2.05) is 63.2 Å². The minimum atomic E-state index is -0.301. The monoisotopic (exact) mass is 367 g/mol. The Morgan fingerprint density at radius 1 is 1.15 bits per heavy atom. The molecule has 2 aromatic rings. The highest BCUT2D eigenvalue weighted by Gasteiger charge is 2.31. The van der Waals surface area contributed by atoms with E-state index in [1.54, 1.807) is 4.90 Å². The quantitative estimate of drug-likeness (QED) is 0.848. The number of hydrogen-bond donors (Lipinski definition) is 2. The van der Waals surface area contributed by atoms with Gasteiger partial charge < -0.3 is 20.3 Å². The van der Waals surface area contributed by atoms with Crippen LogP contribution < -0.4 is 20.3 Å². The maximum atomic E-state index is 12.3. The molecule has 1 fully saturated rings. The van der Waals surface area contributed by atoms with Gasteiger partial charge in [0.25, 0.3) is 0 Å². The molecule has 0 spiro atoms. The molecule has 6 nitrogen and oxygen atoms in total. The highest BCUT2D eigenvalue weighted by Crippen LogP contribution is 2.24. The lowest BCUT2D eigenvalue weighted by Gasteiger charge is -2.18. The molecule has 3 amide bonds. The zero-order chi connectivity index (χ0) is 19.4. The van der Waals surface area contributed by atoms with Gasteiger partial charge in [0, 0.05) is 24.3 Å². The molecule has 0 saturated carbocycles. The third-order valence-corrected chi connectivity index (χ3v) is 4.68. The van der Waals surface area contributed by atoms with Crippen molar-refractivity contribution in [1.29, 1.82) is 0 Å². The van der Waals surface area contributed by atoms with E-state index in [4.69, 9.17) is 4.74 Å². The van der Waals surface area contributed by atoms with Crippen molar-refractivity contribution in [3.05, 3.63) is 53.6 Å². The molecule has 0 radical (unpaired) electrons. The van der Waals surface area contributed by atoms with Crippen molar-refractivity contribution < 1.29 is 14.3 Å². The predicted molar refractivity (Wildman–Crippen MR) is 106 cm³/mol. The number of nitrogens with one attached hydrogen (secondary N) is 2. The largest absolute Gasteiger partial charge is 0.494 e. The van der Waals surface area contributed by atoms with Crippen molar-refractivity contribution in [2.75, 3.05) is 23.4 Å². The molecule has 142 valence electrons. The van der Waals surface area contributed by atoms with Gasteiger partial charge in [0.15, 0.2) is 0 Å². The van der Waals surface area contributed by atoms with E-state index >= 15 is 0 Å². The van der Waals surface area contributed by atoms with Crippen LogP contribution in [0, 0.1) is 13.8 Å². The Hall–Kier alpha value is -3.02. The number of rotatable bonds is 5. The number of hydrogen-bond acceptors (Lipinski definition) is 3. The highest BCUT2D eigenvalue weighted by atomic mass is 16.5. The highest BCUT2D eigenvalue weighted by molar-refractivity contribution is 5.97. The van der Waals surface area contributed by atoms with Crippen LogP contribution in [0.3, 0.4) is 0 Å². The van der Waals surface area contributed by atoms with Crippen molar-refractivity contribution >= 4 is 23.3 Å². The lowest BCUT2D eigenvalue weighted by Crippen LogP contribution is -2.39. The Balaban J connectivity index is 1.58. The van der Waals surface area contributed by atoms with Gasteiger partial charge in [-0.3, -0.25) is 4.79 Å². The lowest BCUT2D eigenvalue weighted by atomic mass is 10.1. The van der Waals surface area contributed by atoms with E-state index in [9.17, 15) is 9.59 Å². The van der Waals surface area contributed by atoms with Gasteiger partial charge in [-0.15, -0.1) is 0 Å². The second-order valence-electron chi connectivity index (χ2n) is 6.73. The van der Waals surface area contributed by atoms with Gasteiger partial charge in [0.05, 0.1) is 12.6 Å². The molecule has 1 heterocycles. The number of ether oxygens (including phenoxy) is 1. The van der Waals surface area contributed by atoms with E-state index < -0.39 is 0 Å². The number of aryl methyl sites for hydroxylation is 2. The molecular formula is C21H25N3O3. The van der Waals surface area contributed by atoms with E-state index in [-0.39, 0.29) is 24.4 Å². The zero-order valence-electron chi connectivity index (χ0n) is 15.9. The van der Waals surface area contributed by atoms with Gasteiger partial charge in [-0.25, -0.2) is 4.79 Å². The SMILES string of the molecule is CCOc1ccc(N2C[C@H](NC(=O)Nc3ccc(C)c(C)c3)CC2=O)cc1. The first-order valence-electron chi connectivity index (χ1n) is 9.14. The standard InChI is InChI=1S/C21H25N3O3/c1-4-27-19-9-7-18(8-10-19)24-13-17(12-20(24)25)23-21(26)22-16-6-5-14(2)15(3)11-16/h5-11,17H,4,12-13H2,1-3H3,(H2,22,23,26)/t17-/m1/s1. The summed E-state index contributed by atoms with van der Waals surface area (Å²) in [6.07, 6.45) is 0.285. The molecule has 1 atom stereocenters. The van der Waals surface area contributed by atoms with Crippen molar-refractivity contribution in [2.45, 2.75) is 33.2 Å². The predicted octanol–water partition coefficient (Wildman–Crippen LogP) is 3.63. The first kappa shape index (κ1) is 18.8. The third-order valence-electron chi connectivity index (χ3n) is 4.68. The van der Waals surface area contributed by atoms with E-state index in [0.717, 1.165) is 22.7 Å². The first-order valence-corrected chi connectivity index (χ1v) is 9.14. The van der Waals surface area contributed by atoms with Crippen LogP contribution in [0.1, 0.15) is 24.5 Å². The maximum Gasteiger partial charge on any atom is 0.319 e. The molecule has 1 aliphatic rings. The summed E-state index contributed by atoms with van der Waals surface area (Å²) in [5, 5.41) is 5.72. The van der Waals surface area contributed by atoms with Gasteiger partial charge in [-0.2, -0.15) is 0 Å². The summed E-state index contributed by atoms with van der Waals surface area (Å²) in [6.45, 7) is 7.01. The summed E-state index contributed by atoms with van der Waals surface area (Å²) in [6, 6.07) is 12.7.